The minimum absolute atomic E-state index is 0.104. The molecule has 0 radical (unpaired) electrons. The normalized spacial score (nSPS) is 18.4. The smallest absolute Gasteiger partial charge is 0.251 e. The summed E-state index contributed by atoms with van der Waals surface area (Å²) in [6, 6.07) is 18.1. The number of halogens is 2. The third-order valence-electron chi connectivity index (χ3n) is 7.94. The second kappa shape index (κ2) is 15.1. The third kappa shape index (κ3) is 9.00. The van der Waals surface area contributed by atoms with Gasteiger partial charge in [0, 0.05) is 63.5 Å². The average Bonchev–Trinajstić information content (AvgIpc) is 3.87. The van der Waals surface area contributed by atoms with Gasteiger partial charge in [-0.3, -0.25) is 14.5 Å². The molecule has 3 aromatic rings. The maximum Gasteiger partial charge on any atom is 0.251 e. The summed E-state index contributed by atoms with van der Waals surface area (Å²) >= 11 is 0. The molecule has 2 N–H and O–H groups in total. The second-order valence-corrected chi connectivity index (χ2v) is 11.4. The summed E-state index contributed by atoms with van der Waals surface area (Å²) in [5.41, 5.74) is 1.79. The highest BCUT2D eigenvalue weighted by atomic mass is 19.1. The molecule has 234 valence electrons. The maximum absolute atomic E-state index is 13.7. The van der Waals surface area contributed by atoms with Gasteiger partial charge < -0.3 is 24.8 Å². The van der Waals surface area contributed by atoms with E-state index in [1.54, 1.807) is 7.11 Å². The number of carbonyl (C=O) groups is 2. The molecule has 5 rings (SSSR count). The summed E-state index contributed by atoms with van der Waals surface area (Å²) in [5.74, 6) is -1.41. The first-order chi connectivity index (χ1) is 21.4. The summed E-state index contributed by atoms with van der Waals surface area (Å²) in [6.45, 7) is 3.22. The van der Waals surface area contributed by atoms with E-state index < -0.39 is 29.5 Å². The average molecular weight is 608 g/mol. The zero-order valence-electron chi connectivity index (χ0n) is 24.9. The highest BCUT2D eigenvalue weighted by molar-refractivity contribution is 5.95. The van der Waals surface area contributed by atoms with Crippen molar-refractivity contribution in [3.63, 3.8) is 0 Å². The number of hydrogen-bond donors (Lipinski definition) is 2. The lowest BCUT2D eigenvalue weighted by molar-refractivity contribution is -0.127. The van der Waals surface area contributed by atoms with Crippen LogP contribution < -0.4 is 20.1 Å². The second-order valence-electron chi connectivity index (χ2n) is 11.4. The Hall–Kier alpha value is -4.02. The Labute approximate surface area is 256 Å². The number of rotatable bonds is 14. The number of likely N-dealkylation sites (tertiary alicyclic amines) is 1. The quantitative estimate of drug-likeness (QED) is 0.255. The van der Waals surface area contributed by atoms with Gasteiger partial charge in [-0.15, -0.1) is 0 Å². The van der Waals surface area contributed by atoms with Crippen LogP contribution in [0.25, 0.3) is 0 Å². The molecular weight excluding hydrogens is 568 g/mol. The molecule has 0 spiro atoms. The summed E-state index contributed by atoms with van der Waals surface area (Å²) in [7, 11) is 1.67. The molecule has 2 unspecified atom stereocenters. The molecule has 1 saturated heterocycles. The fourth-order valence-electron chi connectivity index (χ4n) is 5.43. The van der Waals surface area contributed by atoms with E-state index in [2.05, 4.69) is 15.5 Å². The lowest BCUT2D eigenvalue weighted by atomic mass is 9.90. The molecule has 10 heteroatoms. The van der Waals surface area contributed by atoms with E-state index in [4.69, 9.17) is 14.2 Å². The molecule has 1 saturated carbocycles. The van der Waals surface area contributed by atoms with Gasteiger partial charge in [0.05, 0.1) is 12.5 Å². The van der Waals surface area contributed by atoms with Gasteiger partial charge in [0.2, 0.25) is 5.91 Å². The molecule has 8 nitrogen and oxygen atoms in total. The van der Waals surface area contributed by atoms with Gasteiger partial charge in [0.15, 0.2) is 0 Å². The van der Waals surface area contributed by atoms with Crippen molar-refractivity contribution in [3.8, 4) is 11.5 Å². The molecule has 1 aliphatic carbocycles. The van der Waals surface area contributed by atoms with Crippen molar-refractivity contribution in [2.75, 3.05) is 33.4 Å². The Kier molecular flexibility index (Phi) is 10.8. The van der Waals surface area contributed by atoms with E-state index in [9.17, 15) is 18.4 Å². The van der Waals surface area contributed by atoms with E-state index in [1.165, 1.54) is 0 Å². The lowest BCUT2D eigenvalue weighted by Gasteiger charge is -2.38. The van der Waals surface area contributed by atoms with Crippen LogP contribution in [-0.4, -0.2) is 62.2 Å². The van der Waals surface area contributed by atoms with Crippen LogP contribution >= 0.6 is 0 Å². The minimum Gasteiger partial charge on any atom is -0.493 e. The van der Waals surface area contributed by atoms with E-state index in [1.807, 2.05) is 48.5 Å². The van der Waals surface area contributed by atoms with Crippen LogP contribution in [-0.2, 0) is 22.7 Å². The Morgan fingerprint density at radius 2 is 1.66 bits per heavy atom. The zero-order chi connectivity index (χ0) is 30.9. The van der Waals surface area contributed by atoms with Crippen LogP contribution in [0.5, 0.6) is 11.5 Å². The number of piperidine rings is 1. The van der Waals surface area contributed by atoms with Crippen molar-refractivity contribution in [2.24, 2.45) is 5.92 Å². The topological polar surface area (TPSA) is 89.1 Å². The number of amides is 2. The number of methoxy groups -OCH3 is 1. The van der Waals surface area contributed by atoms with Crippen molar-refractivity contribution < 1.29 is 32.6 Å². The first-order valence-corrected chi connectivity index (χ1v) is 15.1. The van der Waals surface area contributed by atoms with Crippen molar-refractivity contribution in [2.45, 2.75) is 50.9 Å². The summed E-state index contributed by atoms with van der Waals surface area (Å²) in [5, 5.41) is 5.88. The van der Waals surface area contributed by atoms with E-state index in [-0.39, 0.29) is 11.5 Å². The van der Waals surface area contributed by atoms with Crippen LogP contribution in [0, 0.1) is 17.6 Å². The molecule has 2 amide bonds. The van der Waals surface area contributed by atoms with Gasteiger partial charge >= 0.3 is 0 Å². The Balaban J connectivity index is 1.13. The van der Waals surface area contributed by atoms with E-state index in [0.717, 1.165) is 60.9 Å². The molecule has 3 aromatic carbocycles. The predicted molar refractivity (Wildman–Crippen MR) is 161 cm³/mol. The van der Waals surface area contributed by atoms with Gasteiger partial charge in [0.25, 0.3) is 5.91 Å². The van der Waals surface area contributed by atoms with Crippen LogP contribution in [0.3, 0.4) is 0 Å². The molecule has 2 atom stereocenters. The van der Waals surface area contributed by atoms with Gasteiger partial charge in [-0.2, -0.15) is 0 Å². The molecule has 1 heterocycles. The zero-order valence-corrected chi connectivity index (χ0v) is 24.9. The maximum atomic E-state index is 13.7. The Morgan fingerprint density at radius 1 is 0.886 bits per heavy atom. The van der Waals surface area contributed by atoms with Crippen LogP contribution in [0.15, 0.2) is 66.7 Å². The molecule has 2 aliphatic rings. The number of hydrogen-bond acceptors (Lipinski definition) is 6. The van der Waals surface area contributed by atoms with Gasteiger partial charge in [-0.25, -0.2) is 8.78 Å². The van der Waals surface area contributed by atoms with Crippen molar-refractivity contribution in [1.29, 1.82) is 0 Å². The molecule has 2 fully saturated rings. The Bertz CT molecular complexity index is 1400. The van der Waals surface area contributed by atoms with E-state index in [0.29, 0.717) is 51.1 Å². The number of benzene rings is 3. The van der Waals surface area contributed by atoms with Gasteiger partial charge in [-0.05, 0) is 66.8 Å². The van der Waals surface area contributed by atoms with Crippen LogP contribution in [0.4, 0.5) is 8.78 Å². The van der Waals surface area contributed by atoms with E-state index >= 15 is 0 Å². The van der Waals surface area contributed by atoms with Gasteiger partial charge in [0.1, 0.15) is 29.7 Å². The van der Waals surface area contributed by atoms with Gasteiger partial charge in [-0.1, -0.05) is 24.3 Å². The van der Waals surface area contributed by atoms with Crippen molar-refractivity contribution >= 4 is 11.8 Å². The minimum atomic E-state index is -0.822. The first kappa shape index (κ1) is 31.4. The number of ether oxygens (including phenoxy) is 3. The van der Waals surface area contributed by atoms with Crippen LogP contribution in [0.2, 0.25) is 0 Å². The number of nitrogens with one attached hydrogen (secondary N) is 2. The first-order valence-electron chi connectivity index (χ1n) is 15.1. The highest BCUT2D eigenvalue weighted by Crippen LogP contribution is 2.31. The monoisotopic (exact) mass is 607 g/mol. The fourth-order valence-corrected chi connectivity index (χ4v) is 5.43. The molecular formula is C34H39F2N3O5. The largest absolute Gasteiger partial charge is 0.493 e. The predicted octanol–water partition coefficient (Wildman–Crippen LogP) is 4.86. The fraction of sp³-hybridized carbons (Fsp3) is 0.412. The number of carbonyl (C=O) groups excluding carboxylic acids is 2. The highest BCUT2D eigenvalue weighted by Gasteiger charge is 2.40. The lowest BCUT2D eigenvalue weighted by Crippen LogP contribution is -2.56. The summed E-state index contributed by atoms with van der Waals surface area (Å²) < 4.78 is 44.1. The SMILES string of the molecule is COCCCOc1cccc(COc2ccc(CNC(=O)C3CN(C4CC4)CCC3NC(=O)c3cc(F)cc(F)c3)cc2)c1. The molecule has 44 heavy (non-hydrogen) atoms. The summed E-state index contributed by atoms with van der Waals surface area (Å²) in [6.07, 6.45) is 3.61. The van der Waals surface area contributed by atoms with Crippen molar-refractivity contribution in [3.05, 3.63) is 95.1 Å². The third-order valence-corrected chi connectivity index (χ3v) is 7.94. The molecule has 0 aromatic heterocycles. The number of nitrogens with zero attached hydrogens (tertiary/aromatic N) is 1. The molecule has 1 aliphatic heterocycles. The summed E-state index contributed by atoms with van der Waals surface area (Å²) in [4.78, 5) is 28.5. The standard InChI is InChI=1S/C34H39F2N3O5/c1-42-14-3-15-43-30-5-2-4-24(16-30)22-44-29-10-6-23(7-11-29)20-37-34(41)31-21-39(28-8-9-28)13-12-32(31)38-33(40)25-17-26(35)19-27(36)18-25/h2,4-7,10-11,16-19,28,31-32H,3,8-9,12-15,20-22H2,1H3,(H,37,41)(H,38,40). The Morgan fingerprint density at radius 3 is 2.39 bits per heavy atom. The molecule has 0 bridgehead atoms. The van der Waals surface area contributed by atoms with Crippen LogP contribution in [0.1, 0.15) is 47.2 Å². The van der Waals surface area contributed by atoms with Crippen molar-refractivity contribution in [1.82, 2.24) is 15.5 Å².